The van der Waals surface area contributed by atoms with Gasteiger partial charge in [-0.15, -0.1) is 0 Å². The Hall–Kier alpha value is -0.530. The van der Waals surface area contributed by atoms with Crippen molar-refractivity contribution in [2.24, 2.45) is 11.8 Å². The Morgan fingerprint density at radius 3 is 2.00 bits per heavy atom. The van der Waals surface area contributed by atoms with E-state index in [1.54, 1.807) is 0 Å². The van der Waals surface area contributed by atoms with E-state index in [1.165, 1.54) is 38.5 Å². The minimum atomic E-state index is 0.182. The van der Waals surface area contributed by atoms with Gasteiger partial charge in [0.25, 0.3) is 0 Å². The Kier molecular flexibility index (Phi) is 11.0. The standard InChI is InChI=1S/C17H35NO/c1-6-16(4)17(19)18(5)14-12-10-8-7-9-11-13-15(2)3/h15-16H,6-14H2,1-5H3. The number of carbonyl (C=O) groups excluding carboxylic acids is 1. The molecule has 0 aliphatic rings. The zero-order valence-corrected chi connectivity index (χ0v) is 13.9. The third-order valence-electron chi connectivity index (χ3n) is 3.94. The van der Waals surface area contributed by atoms with Crippen LogP contribution in [0.4, 0.5) is 0 Å². The van der Waals surface area contributed by atoms with Crippen LogP contribution in [0.25, 0.3) is 0 Å². The van der Waals surface area contributed by atoms with Crippen LogP contribution in [-0.4, -0.2) is 24.4 Å². The second-order valence-electron chi connectivity index (χ2n) is 6.37. The molecule has 1 atom stereocenters. The van der Waals surface area contributed by atoms with Crippen LogP contribution in [-0.2, 0) is 4.79 Å². The summed E-state index contributed by atoms with van der Waals surface area (Å²) in [6, 6.07) is 0. The summed E-state index contributed by atoms with van der Waals surface area (Å²) in [6.45, 7) is 9.62. The fourth-order valence-corrected chi connectivity index (χ4v) is 2.27. The van der Waals surface area contributed by atoms with Crippen LogP contribution >= 0.6 is 0 Å². The number of unbranched alkanes of at least 4 members (excludes halogenated alkanes) is 5. The number of carbonyl (C=O) groups is 1. The maximum atomic E-state index is 11.9. The van der Waals surface area contributed by atoms with E-state index in [2.05, 4.69) is 20.8 Å². The molecule has 0 saturated carbocycles. The van der Waals surface area contributed by atoms with Crippen LogP contribution in [0.2, 0.25) is 0 Å². The zero-order valence-electron chi connectivity index (χ0n) is 13.9. The number of rotatable bonds is 11. The summed E-state index contributed by atoms with van der Waals surface area (Å²) >= 11 is 0. The average Bonchev–Trinajstić information content (AvgIpc) is 2.39. The Morgan fingerprint density at radius 1 is 0.947 bits per heavy atom. The number of hydrogen-bond acceptors (Lipinski definition) is 1. The van der Waals surface area contributed by atoms with Crippen LogP contribution in [0.1, 0.15) is 79.1 Å². The normalized spacial score (nSPS) is 12.7. The first kappa shape index (κ1) is 18.5. The molecule has 0 heterocycles. The molecule has 19 heavy (non-hydrogen) atoms. The summed E-state index contributed by atoms with van der Waals surface area (Å²) in [7, 11) is 1.94. The molecule has 0 radical (unpaired) electrons. The minimum absolute atomic E-state index is 0.182. The second kappa shape index (κ2) is 11.3. The molecule has 0 N–H and O–H groups in total. The highest BCUT2D eigenvalue weighted by Gasteiger charge is 2.14. The maximum absolute atomic E-state index is 11.9. The highest BCUT2D eigenvalue weighted by atomic mass is 16.2. The lowest BCUT2D eigenvalue weighted by atomic mass is 10.0. The molecule has 0 aromatic carbocycles. The number of amides is 1. The van der Waals surface area contributed by atoms with E-state index in [-0.39, 0.29) is 5.92 Å². The highest BCUT2D eigenvalue weighted by Crippen LogP contribution is 2.12. The molecule has 0 saturated heterocycles. The van der Waals surface area contributed by atoms with Gasteiger partial charge in [-0.05, 0) is 18.8 Å². The molecular formula is C17H35NO. The lowest BCUT2D eigenvalue weighted by molar-refractivity contribution is -0.133. The first-order valence-corrected chi connectivity index (χ1v) is 8.24. The first-order chi connectivity index (χ1) is 8.99. The van der Waals surface area contributed by atoms with Gasteiger partial charge >= 0.3 is 0 Å². The van der Waals surface area contributed by atoms with Crippen LogP contribution in [0.3, 0.4) is 0 Å². The van der Waals surface area contributed by atoms with E-state index in [4.69, 9.17) is 0 Å². The first-order valence-electron chi connectivity index (χ1n) is 8.24. The monoisotopic (exact) mass is 269 g/mol. The van der Waals surface area contributed by atoms with Gasteiger partial charge in [-0.1, -0.05) is 66.2 Å². The lowest BCUT2D eigenvalue weighted by Gasteiger charge is -2.20. The molecule has 2 nitrogen and oxygen atoms in total. The highest BCUT2D eigenvalue weighted by molar-refractivity contribution is 5.78. The maximum Gasteiger partial charge on any atom is 0.225 e. The summed E-state index contributed by atoms with van der Waals surface area (Å²) < 4.78 is 0. The van der Waals surface area contributed by atoms with Gasteiger partial charge < -0.3 is 4.90 Å². The van der Waals surface area contributed by atoms with Gasteiger partial charge in [0, 0.05) is 19.5 Å². The molecule has 2 heteroatoms. The third-order valence-corrected chi connectivity index (χ3v) is 3.94. The molecular weight excluding hydrogens is 234 g/mol. The smallest absolute Gasteiger partial charge is 0.225 e. The topological polar surface area (TPSA) is 20.3 Å². The van der Waals surface area contributed by atoms with Gasteiger partial charge in [0.1, 0.15) is 0 Å². The van der Waals surface area contributed by atoms with Crippen molar-refractivity contribution in [2.45, 2.75) is 79.1 Å². The van der Waals surface area contributed by atoms with E-state index >= 15 is 0 Å². The van der Waals surface area contributed by atoms with Crippen LogP contribution in [0, 0.1) is 11.8 Å². The molecule has 1 amide bonds. The van der Waals surface area contributed by atoms with Gasteiger partial charge in [-0.25, -0.2) is 0 Å². The second-order valence-corrected chi connectivity index (χ2v) is 6.37. The van der Waals surface area contributed by atoms with Crippen molar-refractivity contribution in [1.82, 2.24) is 4.90 Å². The largest absolute Gasteiger partial charge is 0.346 e. The fourth-order valence-electron chi connectivity index (χ4n) is 2.27. The number of nitrogens with zero attached hydrogens (tertiary/aromatic N) is 1. The van der Waals surface area contributed by atoms with Crippen molar-refractivity contribution in [2.75, 3.05) is 13.6 Å². The van der Waals surface area contributed by atoms with E-state index in [9.17, 15) is 4.79 Å². The minimum Gasteiger partial charge on any atom is -0.346 e. The molecule has 1 unspecified atom stereocenters. The van der Waals surface area contributed by atoms with Gasteiger partial charge in [-0.3, -0.25) is 4.79 Å². The quantitative estimate of drug-likeness (QED) is 0.490. The summed E-state index contributed by atoms with van der Waals surface area (Å²) in [4.78, 5) is 13.8. The van der Waals surface area contributed by atoms with Gasteiger partial charge in [0.05, 0.1) is 0 Å². The van der Waals surface area contributed by atoms with E-state index in [1.807, 2.05) is 18.9 Å². The Balaban J connectivity index is 3.41. The van der Waals surface area contributed by atoms with Gasteiger partial charge in [0.2, 0.25) is 5.91 Å². The Bertz CT molecular complexity index is 225. The fraction of sp³-hybridized carbons (Fsp3) is 0.941. The molecule has 114 valence electrons. The summed E-state index contributed by atoms with van der Waals surface area (Å²) in [6.07, 6.45) is 10.2. The van der Waals surface area contributed by atoms with Crippen molar-refractivity contribution in [3.63, 3.8) is 0 Å². The molecule has 0 bridgehead atoms. The summed E-state index contributed by atoms with van der Waals surface area (Å²) in [5, 5.41) is 0. The summed E-state index contributed by atoms with van der Waals surface area (Å²) in [5.74, 6) is 1.33. The Labute approximate surface area is 120 Å². The van der Waals surface area contributed by atoms with E-state index in [0.29, 0.717) is 5.91 Å². The lowest BCUT2D eigenvalue weighted by Crippen LogP contribution is -2.32. The molecule has 0 aromatic rings. The molecule has 0 aliphatic heterocycles. The van der Waals surface area contributed by atoms with Crippen LogP contribution in [0.5, 0.6) is 0 Å². The average molecular weight is 269 g/mol. The van der Waals surface area contributed by atoms with Gasteiger partial charge in [0.15, 0.2) is 0 Å². The van der Waals surface area contributed by atoms with E-state index in [0.717, 1.165) is 25.3 Å². The predicted octanol–water partition coefficient (Wildman–Crippen LogP) is 4.88. The van der Waals surface area contributed by atoms with Crippen molar-refractivity contribution in [3.05, 3.63) is 0 Å². The molecule has 0 aromatic heterocycles. The van der Waals surface area contributed by atoms with E-state index < -0.39 is 0 Å². The van der Waals surface area contributed by atoms with Crippen molar-refractivity contribution in [3.8, 4) is 0 Å². The zero-order chi connectivity index (χ0) is 14.7. The molecule has 0 rings (SSSR count). The van der Waals surface area contributed by atoms with Crippen molar-refractivity contribution < 1.29 is 4.79 Å². The molecule has 0 fully saturated rings. The van der Waals surface area contributed by atoms with Crippen LogP contribution in [0.15, 0.2) is 0 Å². The predicted molar refractivity (Wildman–Crippen MR) is 84.2 cm³/mol. The molecule has 0 spiro atoms. The Morgan fingerprint density at radius 2 is 1.47 bits per heavy atom. The number of hydrogen-bond donors (Lipinski definition) is 0. The van der Waals surface area contributed by atoms with Gasteiger partial charge in [-0.2, -0.15) is 0 Å². The third kappa shape index (κ3) is 9.98. The van der Waals surface area contributed by atoms with Crippen molar-refractivity contribution >= 4 is 5.91 Å². The SMILES string of the molecule is CCC(C)C(=O)N(C)CCCCCCCCC(C)C. The van der Waals surface area contributed by atoms with Crippen LogP contribution < -0.4 is 0 Å². The summed E-state index contributed by atoms with van der Waals surface area (Å²) in [5.41, 5.74) is 0. The molecule has 0 aliphatic carbocycles. The van der Waals surface area contributed by atoms with Crippen molar-refractivity contribution in [1.29, 1.82) is 0 Å².